The summed E-state index contributed by atoms with van der Waals surface area (Å²) in [6, 6.07) is 23.6. The fraction of sp³-hybridized carbons (Fsp3) is 0.387. The number of rotatable bonds is 10. The van der Waals surface area contributed by atoms with E-state index in [1.54, 1.807) is 24.3 Å². The highest BCUT2D eigenvalue weighted by molar-refractivity contribution is 7.89. The summed E-state index contributed by atoms with van der Waals surface area (Å²) in [4.78, 5) is 13.9. The van der Waals surface area contributed by atoms with Crippen molar-refractivity contribution < 1.29 is 23.4 Å². The SMILES string of the molecule is CC(C)c1ccc(S(=O)(=O)NC[C@@H](O)CC2(C(=O)N[C@H]3c4ccccc4C[C@H]3O)CC2c2ccccc2)cc1. The Kier molecular flexibility index (Phi) is 7.66. The van der Waals surface area contributed by atoms with E-state index in [2.05, 4.69) is 10.0 Å². The summed E-state index contributed by atoms with van der Waals surface area (Å²) in [7, 11) is -3.82. The third-order valence-corrected chi connectivity index (χ3v) is 9.63. The number of benzene rings is 3. The lowest BCUT2D eigenvalue weighted by molar-refractivity contribution is -0.129. The van der Waals surface area contributed by atoms with E-state index < -0.39 is 33.7 Å². The van der Waals surface area contributed by atoms with E-state index >= 15 is 0 Å². The molecule has 5 atom stereocenters. The predicted molar refractivity (Wildman–Crippen MR) is 150 cm³/mol. The number of hydrogen-bond donors (Lipinski definition) is 4. The lowest BCUT2D eigenvalue weighted by atomic mass is 9.91. The summed E-state index contributed by atoms with van der Waals surface area (Å²) in [5.41, 5.74) is 3.05. The molecule has 0 bridgehead atoms. The van der Waals surface area contributed by atoms with Gasteiger partial charge in [-0.25, -0.2) is 13.1 Å². The standard InChI is InChI=1S/C31H36N2O5S/c1-20(2)21-12-14-25(15-13-21)39(37,38)32-19-24(34)17-31(18-27(31)22-8-4-3-5-9-22)30(36)33-29-26-11-7-6-10-23(26)16-28(29)35/h3-15,20,24,27-29,32,34-35H,16-19H2,1-2H3,(H,33,36)/t24-,27?,28+,29-,31?/m0/s1. The van der Waals surface area contributed by atoms with Crippen LogP contribution in [-0.2, 0) is 21.2 Å². The van der Waals surface area contributed by atoms with Crippen molar-refractivity contribution in [3.8, 4) is 0 Å². The molecule has 2 aliphatic rings. The highest BCUT2D eigenvalue weighted by Crippen LogP contribution is 2.62. The summed E-state index contributed by atoms with van der Waals surface area (Å²) >= 11 is 0. The molecule has 39 heavy (non-hydrogen) atoms. The Bertz CT molecular complexity index is 1420. The van der Waals surface area contributed by atoms with Gasteiger partial charge in [-0.1, -0.05) is 80.6 Å². The van der Waals surface area contributed by atoms with Crippen LogP contribution in [0.25, 0.3) is 0 Å². The van der Waals surface area contributed by atoms with E-state index in [-0.39, 0.29) is 35.6 Å². The maximum Gasteiger partial charge on any atom is 0.240 e. The van der Waals surface area contributed by atoms with Crippen molar-refractivity contribution in [2.45, 2.75) is 68.1 Å². The van der Waals surface area contributed by atoms with Crippen LogP contribution in [0.1, 0.15) is 66.8 Å². The molecule has 0 saturated heterocycles. The Hall–Kier alpha value is -3.04. The van der Waals surface area contributed by atoms with Crippen LogP contribution in [0.4, 0.5) is 0 Å². The first kappa shape index (κ1) is 27.5. The van der Waals surface area contributed by atoms with Crippen LogP contribution in [0.15, 0.2) is 83.8 Å². The van der Waals surface area contributed by atoms with Crippen LogP contribution in [0.2, 0.25) is 0 Å². The molecule has 0 spiro atoms. The second kappa shape index (κ2) is 10.8. The average molecular weight is 549 g/mol. The molecule has 1 fully saturated rings. The molecule has 8 heteroatoms. The van der Waals surface area contributed by atoms with Gasteiger partial charge < -0.3 is 15.5 Å². The van der Waals surface area contributed by atoms with Crippen LogP contribution >= 0.6 is 0 Å². The van der Waals surface area contributed by atoms with Gasteiger partial charge in [0.1, 0.15) is 0 Å². The molecule has 5 rings (SSSR count). The average Bonchev–Trinajstić information content (AvgIpc) is 3.58. The number of carbonyl (C=O) groups is 1. The number of sulfonamides is 1. The van der Waals surface area contributed by atoms with Gasteiger partial charge >= 0.3 is 0 Å². The summed E-state index contributed by atoms with van der Waals surface area (Å²) in [6.45, 7) is 3.87. The topological polar surface area (TPSA) is 116 Å². The minimum Gasteiger partial charge on any atom is -0.392 e. The zero-order chi connectivity index (χ0) is 27.8. The van der Waals surface area contributed by atoms with Gasteiger partial charge in [-0.15, -0.1) is 0 Å². The first-order chi connectivity index (χ1) is 18.6. The number of hydrogen-bond acceptors (Lipinski definition) is 5. The van der Waals surface area contributed by atoms with Gasteiger partial charge in [-0.3, -0.25) is 4.79 Å². The van der Waals surface area contributed by atoms with Crippen LogP contribution in [-0.4, -0.2) is 43.3 Å². The monoisotopic (exact) mass is 548 g/mol. The number of nitrogens with one attached hydrogen (secondary N) is 2. The molecule has 4 N–H and O–H groups in total. The van der Waals surface area contributed by atoms with Gasteiger partial charge in [0.05, 0.1) is 28.6 Å². The molecule has 2 unspecified atom stereocenters. The Morgan fingerprint density at radius 3 is 2.36 bits per heavy atom. The lowest BCUT2D eigenvalue weighted by Crippen LogP contribution is -2.42. The zero-order valence-corrected chi connectivity index (χ0v) is 23.1. The van der Waals surface area contributed by atoms with Gasteiger partial charge in [0, 0.05) is 13.0 Å². The summed E-state index contributed by atoms with van der Waals surface area (Å²) in [5, 5.41) is 24.7. The Labute approximate surface area is 230 Å². The Morgan fingerprint density at radius 1 is 1.00 bits per heavy atom. The Morgan fingerprint density at radius 2 is 1.67 bits per heavy atom. The fourth-order valence-corrected chi connectivity index (χ4v) is 6.92. The van der Waals surface area contributed by atoms with E-state index in [1.807, 2.05) is 68.4 Å². The maximum atomic E-state index is 13.8. The number of aliphatic hydroxyl groups is 2. The molecule has 1 amide bonds. The van der Waals surface area contributed by atoms with Gasteiger partial charge in [0.15, 0.2) is 0 Å². The highest BCUT2D eigenvalue weighted by atomic mass is 32.2. The smallest absolute Gasteiger partial charge is 0.240 e. The summed E-state index contributed by atoms with van der Waals surface area (Å²) < 4.78 is 28.3. The van der Waals surface area contributed by atoms with Gasteiger partial charge in [-0.05, 0) is 59.1 Å². The maximum absolute atomic E-state index is 13.8. The minimum absolute atomic E-state index is 0.0949. The van der Waals surface area contributed by atoms with Crippen molar-refractivity contribution in [1.29, 1.82) is 0 Å². The highest BCUT2D eigenvalue weighted by Gasteiger charge is 2.61. The lowest BCUT2D eigenvalue weighted by Gasteiger charge is -2.25. The second-order valence-corrected chi connectivity index (χ2v) is 12.9. The zero-order valence-electron chi connectivity index (χ0n) is 22.2. The third-order valence-electron chi connectivity index (χ3n) is 8.19. The Balaban J connectivity index is 1.30. The quantitative estimate of drug-likeness (QED) is 0.308. The van der Waals surface area contributed by atoms with Crippen molar-refractivity contribution in [1.82, 2.24) is 10.0 Å². The number of carbonyl (C=O) groups excluding carboxylic acids is 1. The van der Waals surface area contributed by atoms with Crippen LogP contribution in [0.5, 0.6) is 0 Å². The molecule has 3 aromatic carbocycles. The van der Waals surface area contributed by atoms with Gasteiger partial charge in [0.25, 0.3) is 0 Å². The summed E-state index contributed by atoms with van der Waals surface area (Å²) in [6.07, 6.45) is -0.698. The van der Waals surface area contributed by atoms with E-state index in [0.717, 1.165) is 22.3 Å². The van der Waals surface area contributed by atoms with E-state index in [4.69, 9.17) is 0 Å². The molecule has 0 radical (unpaired) electrons. The van der Waals surface area contributed by atoms with Gasteiger partial charge in [0.2, 0.25) is 15.9 Å². The molecule has 2 aliphatic carbocycles. The number of amides is 1. The fourth-order valence-electron chi connectivity index (χ4n) is 5.84. The minimum atomic E-state index is -3.82. The first-order valence-corrected chi connectivity index (χ1v) is 15.0. The van der Waals surface area contributed by atoms with Crippen molar-refractivity contribution in [2.24, 2.45) is 5.41 Å². The van der Waals surface area contributed by atoms with E-state index in [1.165, 1.54) is 0 Å². The second-order valence-electron chi connectivity index (χ2n) is 11.2. The predicted octanol–water partition coefficient (Wildman–Crippen LogP) is 3.79. The molecular weight excluding hydrogens is 512 g/mol. The van der Waals surface area contributed by atoms with Crippen molar-refractivity contribution >= 4 is 15.9 Å². The number of fused-ring (bicyclic) bond motifs is 1. The largest absolute Gasteiger partial charge is 0.392 e. The van der Waals surface area contributed by atoms with E-state index in [0.29, 0.717) is 12.8 Å². The van der Waals surface area contributed by atoms with Crippen LogP contribution < -0.4 is 10.0 Å². The van der Waals surface area contributed by atoms with Crippen molar-refractivity contribution in [2.75, 3.05) is 6.54 Å². The first-order valence-electron chi connectivity index (χ1n) is 13.5. The summed E-state index contributed by atoms with van der Waals surface area (Å²) in [5.74, 6) is -0.0561. The molecular formula is C31H36N2O5S. The molecule has 7 nitrogen and oxygen atoms in total. The molecule has 3 aromatic rings. The van der Waals surface area contributed by atoms with E-state index in [9.17, 15) is 23.4 Å². The molecule has 0 aliphatic heterocycles. The van der Waals surface area contributed by atoms with Crippen LogP contribution in [0, 0.1) is 5.41 Å². The molecule has 0 aromatic heterocycles. The van der Waals surface area contributed by atoms with Crippen molar-refractivity contribution in [3.63, 3.8) is 0 Å². The van der Waals surface area contributed by atoms with Crippen molar-refractivity contribution in [3.05, 3.63) is 101 Å². The van der Waals surface area contributed by atoms with Crippen LogP contribution in [0.3, 0.4) is 0 Å². The molecule has 206 valence electrons. The molecule has 1 saturated carbocycles. The van der Waals surface area contributed by atoms with Gasteiger partial charge in [-0.2, -0.15) is 0 Å². The normalized spacial score (nSPS) is 24.8. The molecule has 0 heterocycles. The number of aliphatic hydroxyl groups excluding tert-OH is 2. The third kappa shape index (κ3) is 5.65.